The van der Waals surface area contributed by atoms with Gasteiger partial charge in [-0.1, -0.05) is 81.4 Å². The zero-order valence-corrected chi connectivity index (χ0v) is 21.2. The van der Waals surface area contributed by atoms with Gasteiger partial charge in [0.15, 0.2) is 0 Å². The van der Waals surface area contributed by atoms with Crippen LogP contribution < -0.4 is 10.4 Å². The third-order valence-corrected chi connectivity index (χ3v) is 10.4. The van der Waals surface area contributed by atoms with Gasteiger partial charge in [-0.25, -0.2) is 0 Å². The fraction of sp³-hybridized carbons (Fsp3) is 0.462. The van der Waals surface area contributed by atoms with Crippen LogP contribution in [0.5, 0.6) is 0 Å². The minimum Gasteiger partial charge on any atom is -0.460 e. The lowest BCUT2D eigenvalue weighted by atomic mass is 10.0. The van der Waals surface area contributed by atoms with Crippen molar-refractivity contribution in [2.45, 2.75) is 65.0 Å². The first-order valence-corrected chi connectivity index (χ1v) is 13.0. The third-order valence-electron chi connectivity index (χ3n) is 5.35. The van der Waals surface area contributed by atoms with Crippen LogP contribution in [-0.4, -0.2) is 37.9 Å². The topological polar surface area (TPSA) is 68.1 Å². The van der Waals surface area contributed by atoms with Crippen LogP contribution in [0.25, 0.3) is 0 Å². The Morgan fingerprint density at radius 3 is 1.88 bits per heavy atom. The maximum Gasteiger partial charge on any atom is 0.306 e. The lowest BCUT2D eigenvalue weighted by Gasteiger charge is -2.43. The van der Waals surface area contributed by atoms with E-state index < -0.39 is 13.9 Å². The highest BCUT2D eigenvalue weighted by atomic mass is 28.4. The number of hydrogen-bond acceptors (Lipinski definition) is 5. The van der Waals surface area contributed by atoms with Gasteiger partial charge in [0.1, 0.15) is 5.60 Å². The Hall–Kier alpha value is -2.44. The second-order valence-corrected chi connectivity index (χ2v) is 14.4. The van der Waals surface area contributed by atoms with E-state index in [1.165, 1.54) is 16.6 Å². The molecule has 0 aromatic heterocycles. The molecule has 0 aliphatic heterocycles. The van der Waals surface area contributed by atoms with Crippen molar-refractivity contribution in [2.75, 3.05) is 6.61 Å². The second kappa shape index (κ2) is 10.9. The average Bonchev–Trinajstić information content (AvgIpc) is 2.70. The van der Waals surface area contributed by atoms with Crippen molar-refractivity contribution in [3.63, 3.8) is 0 Å². The highest BCUT2D eigenvalue weighted by Gasteiger charge is 2.50. The summed E-state index contributed by atoms with van der Waals surface area (Å²) in [5.74, 6) is -0.582. The van der Waals surface area contributed by atoms with Crippen LogP contribution in [0.15, 0.2) is 65.8 Å². The Balaban J connectivity index is 2.29. The van der Waals surface area contributed by atoms with Gasteiger partial charge in [0, 0.05) is 18.7 Å². The summed E-state index contributed by atoms with van der Waals surface area (Å²) in [6, 6.07) is 20.9. The van der Waals surface area contributed by atoms with Crippen molar-refractivity contribution < 1.29 is 19.2 Å². The SMILES string of the molecule is CC(C)(C)OC(=O)C[C@H](/C=N/O)CCO[Si](c1ccccc1)(c1ccccc1)C(C)(C)C. The molecule has 174 valence electrons. The summed E-state index contributed by atoms with van der Waals surface area (Å²) >= 11 is 0. The van der Waals surface area contributed by atoms with Crippen LogP contribution in [0, 0.1) is 5.92 Å². The van der Waals surface area contributed by atoms with Crippen molar-refractivity contribution in [3.8, 4) is 0 Å². The van der Waals surface area contributed by atoms with E-state index in [0.29, 0.717) is 13.0 Å². The molecule has 32 heavy (non-hydrogen) atoms. The van der Waals surface area contributed by atoms with Crippen LogP contribution in [-0.2, 0) is 14.0 Å². The Kier molecular flexibility index (Phi) is 8.81. The number of benzene rings is 2. The third kappa shape index (κ3) is 6.78. The lowest BCUT2D eigenvalue weighted by Crippen LogP contribution is -2.66. The standard InChI is InChI=1S/C26H37NO4Si/c1-25(2,3)31-24(28)19-21(20-27-29)17-18-30-32(26(4,5)6,22-13-9-7-10-14-22)23-15-11-8-12-16-23/h7-16,20-21,29H,17-19H2,1-6H3/b27-20+/t21-/m1/s1. The molecule has 2 rings (SSSR count). The van der Waals surface area contributed by atoms with Gasteiger partial charge in [0.25, 0.3) is 8.32 Å². The molecule has 0 spiro atoms. The molecule has 0 saturated heterocycles. The summed E-state index contributed by atoms with van der Waals surface area (Å²) < 4.78 is 12.3. The number of oxime groups is 1. The smallest absolute Gasteiger partial charge is 0.306 e. The van der Waals surface area contributed by atoms with Crippen molar-refractivity contribution in [1.29, 1.82) is 0 Å². The average molecular weight is 456 g/mol. The van der Waals surface area contributed by atoms with E-state index >= 15 is 0 Å². The minimum absolute atomic E-state index is 0.124. The predicted octanol–water partition coefficient (Wildman–Crippen LogP) is 4.76. The number of hydrogen-bond donors (Lipinski definition) is 1. The van der Waals surface area contributed by atoms with Crippen LogP contribution in [0.3, 0.4) is 0 Å². The van der Waals surface area contributed by atoms with Gasteiger partial charge in [-0.05, 0) is 42.6 Å². The number of carbonyl (C=O) groups is 1. The van der Waals surface area contributed by atoms with Crippen LogP contribution in [0.4, 0.5) is 0 Å². The Labute approximate surface area is 193 Å². The molecule has 0 saturated carbocycles. The van der Waals surface area contributed by atoms with E-state index in [9.17, 15) is 4.79 Å². The van der Waals surface area contributed by atoms with Crippen LogP contribution in [0.1, 0.15) is 54.4 Å². The van der Waals surface area contributed by atoms with E-state index in [0.717, 1.165) is 0 Å². The fourth-order valence-electron chi connectivity index (χ4n) is 4.05. The Morgan fingerprint density at radius 2 is 1.47 bits per heavy atom. The normalized spacial score (nSPS) is 13.8. The van der Waals surface area contributed by atoms with Gasteiger partial charge in [-0.2, -0.15) is 0 Å². The molecule has 0 amide bonds. The van der Waals surface area contributed by atoms with Crippen LogP contribution in [0.2, 0.25) is 5.04 Å². The molecule has 0 heterocycles. The summed E-state index contributed by atoms with van der Waals surface area (Å²) in [6.45, 7) is 12.6. The Bertz CT molecular complexity index is 831. The molecular formula is C26H37NO4Si. The van der Waals surface area contributed by atoms with Gasteiger partial charge >= 0.3 is 5.97 Å². The molecule has 0 aliphatic rings. The van der Waals surface area contributed by atoms with Crippen molar-refractivity contribution in [1.82, 2.24) is 0 Å². The van der Waals surface area contributed by atoms with E-state index in [-0.39, 0.29) is 23.3 Å². The molecule has 6 heteroatoms. The van der Waals surface area contributed by atoms with E-state index in [4.69, 9.17) is 14.4 Å². The highest BCUT2D eigenvalue weighted by Crippen LogP contribution is 2.37. The molecule has 0 fully saturated rings. The number of rotatable bonds is 9. The Morgan fingerprint density at radius 1 is 0.969 bits per heavy atom. The minimum atomic E-state index is -2.64. The molecule has 0 radical (unpaired) electrons. The number of esters is 1. The van der Waals surface area contributed by atoms with E-state index in [1.807, 2.05) is 32.9 Å². The predicted molar refractivity (Wildman–Crippen MR) is 132 cm³/mol. The van der Waals surface area contributed by atoms with Crippen molar-refractivity contribution >= 4 is 30.9 Å². The number of ether oxygens (including phenoxy) is 1. The molecule has 0 bridgehead atoms. The van der Waals surface area contributed by atoms with Gasteiger partial charge in [0.2, 0.25) is 0 Å². The molecule has 0 unspecified atom stereocenters. The quantitative estimate of drug-likeness (QED) is 0.195. The van der Waals surface area contributed by atoms with Crippen molar-refractivity contribution in [2.24, 2.45) is 11.1 Å². The van der Waals surface area contributed by atoms with Crippen LogP contribution >= 0.6 is 0 Å². The van der Waals surface area contributed by atoms with E-state index in [2.05, 4.69) is 74.5 Å². The number of carbonyl (C=O) groups excluding carboxylic acids is 1. The summed E-state index contributed by atoms with van der Waals surface area (Å²) in [5.41, 5.74) is -0.552. The monoisotopic (exact) mass is 455 g/mol. The molecular weight excluding hydrogens is 418 g/mol. The first-order chi connectivity index (χ1) is 15.0. The fourth-order valence-corrected chi connectivity index (χ4v) is 8.63. The summed E-state index contributed by atoms with van der Waals surface area (Å²) in [7, 11) is -2.64. The maximum atomic E-state index is 12.3. The molecule has 2 aromatic rings. The number of nitrogens with zero attached hydrogens (tertiary/aromatic N) is 1. The first kappa shape index (κ1) is 25.8. The van der Waals surface area contributed by atoms with Gasteiger partial charge in [0.05, 0.1) is 6.42 Å². The van der Waals surface area contributed by atoms with Gasteiger partial charge in [-0.3, -0.25) is 4.79 Å². The second-order valence-electron chi connectivity index (χ2n) is 10.1. The van der Waals surface area contributed by atoms with Gasteiger partial charge in [-0.15, -0.1) is 5.16 Å². The van der Waals surface area contributed by atoms with Gasteiger partial charge < -0.3 is 14.4 Å². The van der Waals surface area contributed by atoms with Crippen molar-refractivity contribution in [3.05, 3.63) is 60.7 Å². The maximum absolute atomic E-state index is 12.3. The molecule has 5 nitrogen and oxygen atoms in total. The molecule has 1 N–H and O–H groups in total. The molecule has 1 atom stereocenters. The highest BCUT2D eigenvalue weighted by molar-refractivity contribution is 6.99. The summed E-state index contributed by atoms with van der Waals surface area (Å²) in [5, 5.41) is 14.6. The first-order valence-electron chi connectivity index (χ1n) is 11.1. The summed E-state index contributed by atoms with van der Waals surface area (Å²) in [6.07, 6.45) is 2.10. The molecule has 2 aromatic carbocycles. The zero-order chi connectivity index (χ0) is 23.8. The van der Waals surface area contributed by atoms with E-state index in [1.54, 1.807) is 0 Å². The lowest BCUT2D eigenvalue weighted by molar-refractivity contribution is -0.155. The largest absolute Gasteiger partial charge is 0.460 e. The molecule has 0 aliphatic carbocycles. The zero-order valence-electron chi connectivity index (χ0n) is 20.2. The summed E-state index contributed by atoms with van der Waals surface area (Å²) in [4.78, 5) is 12.3.